The Morgan fingerprint density at radius 3 is 2.45 bits per heavy atom. The van der Waals surface area contributed by atoms with Gasteiger partial charge in [0.15, 0.2) is 6.10 Å². The predicted octanol–water partition coefficient (Wildman–Crippen LogP) is 1.80. The van der Waals surface area contributed by atoms with E-state index in [1.165, 1.54) is 6.92 Å². The number of rotatable bonds is 4. The molecule has 0 saturated heterocycles. The van der Waals surface area contributed by atoms with E-state index in [9.17, 15) is 32.6 Å². The average Bonchev–Trinajstić information content (AvgIpc) is 2.36. The quantitative estimate of drug-likeness (QED) is 0.657. The summed E-state index contributed by atoms with van der Waals surface area (Å²) in [5.74, 6) is -2.42. The lowest BCUT2D eigenvalue weighted by Gasteiger charge is -2.20. The van der Waals surface area contributed by atoms with Gasteiger partial charge in [-0.1, -0.05) is 6.07 Å². The van der Waals surface area contributed by atoms with Crippen LogP contribution in [-0.4, -0.2) is 28.9 Å². The second-order valence-corrected chi connectivity index (χ2v) is 3.87. The Balaban J connectivity index is 3.16. The van der Waals surface area contributed by atoms with Gasteiger partial charge < -0.3 is 14.9 Å². The van der Waals surface area contributed by atoms with E-state index >= 15 is 0 Å². The van der Waals surface area contributed by atoms with Crippen molar-refractivity contribution in [2.75, 3.05) is 6.61 Å². The molecule has 0 spiro atoms. The Hall–Kier alpha value is -1.67. The van der Waals surface area contributed by atoms with Gasteiger partial charge in [0.25, 0.3) is 0 Å². The Morgan fingerprint density at radius 1 is 1.35 bits per heavy atom. The molecule has 2 unspecified atom stereocenters. The van der Waals surface area contributed by atoms with Crippen molar-refractivity contribution in [3.8, 4) is 0 Å². The molecule has 0 bridgehead atoms. The lowest BCUT2D eigenvalue weighted by atomic mass is 9.98. The first kappa shape index (κ1) is 16.4. The highest BCUT2D eigenvalue weighted by Gasteiger charge is 2.38. The molecule has 2 atom stereocenters. The summed E-state index contributed by atoms with van der Waals surface area (Å²) < 4.78 is 55.5. The van der Waals surface area contributed by atoms with Crippen LogP contribution < -0.4 is 0 Å². The molecular weight excluding hydrogens is 284 g/mol. The van der Waals surface area contributed by atoms with Crippen LogP contribution in [0.3, 0.4) is 0 Å². The number of carbonyl (C=O) groups is 1. The number of halogens is 4. The largest absolute Gasteiger partial charge is 0.464 e. The smallest absolute Gasteiger partial charge is 0.416 e. The van der Waals surface area contributed by atoms with Crippen molar-refractivity contribution in [3.05, 3.63) is 35.1 Å². The Morgan fingerprint density at radius 2 is 1.95 bits per heavy atom. The summed E-state index contributed by atoms with van der Waals surface area (Å²) in [6.07, 6.45) is -9.31. The lowest BCUT2D eigenvalue weighted by Crippen LogP contribution is -2.31. The van der Waals surface area contributed by atoms with Crippen LogP contribution in [0.2, 0.25) is 0 Å². The normalized spacial score (nSPS) is 14.8. The number of carbonyl (C=O) groups excluding carboxylic acids is 1. The molecule has 2 N–H and O–H groups in total. The van der Waals surface area contributed by atoms with Crippen molar-refractivity contribution in [2.45, 2.75) is 25.3 Å². The summed E-state index contributed by atoms with van der Waals surface area (Å²) in [5.41, 5.74) is -2.27. The van der Waals surface area contributed by atoms with Crippen molar-refractivity contribution in [1.29, 1.82) is 0 Å². The van der Waals surface area contributed by atoms with E-state index in [4.69, 9.17) is 0 Å². The molecule has 0 aliphatic heterocycles. The predicted molar refractivity (Wildman–Crippen MR) is 59.0 cm³/mol. The maximum atomic E-state index is 12.9. The maximum Gasteiger partial charge on any atom is 0.416 e. The van der Waals surface area contributed by atoms with E-state index in [0.29, 0.717) is 12.1 Å². The number of ether oxygens (including phenoxy) is 1. The van der Waals surface area contributed by atoms with E-state index in [1.807, 2.05) is 0 Å². The van der Waals surface area contributed by atoms with Gasteiger partial charge in [-0.05, 0) is 24.6 Å². The number of aliphatic hydroxyl groups excluding tert-OH is 2. The van der Waals surface area contributed by atoms with Gasteiger partial charge in [0.1, 0.15) is 11.9 Å². The summed E-state index contributed by atoms with van der Waals surface area (Å²) in [4.78, 5) is 11.2. The van der Waals surface area contributed by atoms with Crippen LogP contribution in [0.5, 0.6) is 0 Å². The molecule has 8 heteroatoms. The van der Waals surface area contributed by atoms with E-state index in [2.05, 4.69) is 4.74 Å². The Labute approximate surface area is 111 Å². The monoisotopic (exact) mass is 296 g/mol. The van der Waals surface area contributed by atoms with Gasteiger partial charge in [-0.25, -0.2) is 9.18 Å². The number of alkyl halides is 3. The summed E-state index contributed by atoms with van der Waals surface area (Å²) in [7, 11) is 0. The van der Waals surface area contributed by atoms with Crippen LogP contribution in [0.25, 0.3) is 0 Å². The summed E-state index contributed by atoms with van der Waals surface area (Å²) in [6.45, 7) is 1.31. The molecular formula is C12H12F4O4. The van der Waals surface area contributed by atoms with Gasteiger partial charge >= 0.3 is 12.1 Å². The van der Waals surface area contributed by atoms with E-state index < -0.39 is 41.3 Å². The summed E-state index contributed by atoms with van der Waals surface area (Å²) in [5, 5.41) is 19.1. The average molecular weight is 296 g/mol. The number of benzene rings is 1. The molecule has 20 heavy (non-hydrogen) atoms. The third kappa shape index (κ3) is 3.67. The van der Waals surface area contributed by atoms with Crippen LogP contribution >= 0.6 is 0 Å². The zero-order chi connectivity index (χ0) is 15.5. The van der Waals surface area contributed by atoms with Crippen LogP contribution in [0.1, 0.15) is 24.2 Å². The molecule has 0 aliphatic carbocycles. The SMILES string of the molecule is CCOC(=O)C(O)C(O)c1ccc(F)cc1C(F)(F)F. The third-order valence-corrected chi connectivity index (χ3v) is 2.47. The zero-order valence-corrected chi connectivity index (χ0v) is 10.3. The van der Waals surface area contributed by atoms with Gasteiger partial charge in [0, 0.05) is 0 Å². The van der Waals surface area contributed by atoms with Gasteiger partial charge in [0.2, 0.25) is 0 Å². The van der Waals surface area contributed by atoms with Crippen molar-refractivity contribution in [2.24, 2.45) is 0 Å². The minimum Gasteiger partial charge on any atom is -0.464 e. The number of esters is 1. The molecule has 0 heterocycles. The van der Waals surface area contributed by atoms with Crippen LogP contribution in [0, 0.1) is 5.82 Å². The lowest BCUT2D eigenvalue weighted by molar-refractivity contribution is -0.161. The van der Waals surface area contributed by atoms with Crippen molar-refractivity contribution < 1.29 is 37.3 Å². The molecule has 1 rings (SSSR count). The van der Waals surface area contributed by atoms with E-state index in [1.54, 1.807) is 0 Å². The van der Waals surface area contributed by atoms with Crippen LogP contribution in [-0.2, 0) is 15.7 Å². The Bertz CT molecular complexity index is 487. The molecule has 1 aromatic rings. The molecule has 0 aliphatic rings. The molecule has 0 aromatic heterocycles. The first-order valence-corrected chi connectivity index (χ1v) is 5.58. The fraction of sp³-hybridized carbons (Fsp3) is 0.417. The van der Waals surface area contributed by atoms with E-state index in [0.717, 1.165) is 0 Å². The second kappa shape index (κ2) is 6.19. The standard InChI is InChI=1S/C12H12F4O4/c1-2-20-11(19)10(18)9(17)7-4-3-6(13)5-8(7)12(14,15)16/h3-5,9-10,17-18H,2H2,1H3. The highest BCUT2D eigenvalue weighted by molar-refractivity contribution is 5.75. The van der Waals surface area contributed by atoms with Gasteiger partial charge in [-0.3, -0.25) is 0 Å². The first-order chi connectivity index (χ1) is 9.18. The molecule has 4 nitrogen and oxygen atoms in total. The second-order valence-electron chi connectivity index (χ2n) is 3.87. The molecule has 0 fully saturated rings. The zero-order valence-electron chi connectivity index (χ0n) is 10.3. The van der Waals surface area contributed by atoms with Crippen molar-refractivity contribution in [1.82, 2.24) is 0 Å². The minimum absolute atomic E-state index is 0.113. The fourth-order valence-electron chi connectivity index (χ4n) is 1.56. The first-order valence-electron chi connectivity index (χ1n) is 5.58. The number of hydrogen-bond donors (Lipinski definition) is 2. The van der Waals surface area contributed by atoms with Crippen LogP contribution in [0.4, 0.5) is 17.6 Å². The van der Waals surface area contributed by atoms with Gasteiger partial charge in [0.05, 0.1) is 12.2 Å². The molecule has 0 amide bonds. The Kier molecular flexibility index (Phi) is 5.07. The molecule has 0 saturated carbocycles. The van der Waals surface area contributed by atoms with E-state index in [-0.39, 0.29) is 12.7 Å². The maximum absolute atomic E-state index is 12.9. The number of hydrogen-bond acceptors (Lipinski definition) is 4. The van der Waals surface area contributed by atoms with Crippen molar-refractivity contribution >= 4 is 5.97 Å². The molecule has 0 radical (unpaired) electrons. The highest BCUT2D eigenvalue weighted by atomic mass is 19.4. The summed E-state index contributed by atoms with van der Waals surface area (Å²) >= 11 is 0. The molecule has 112 valence electrons. The van der Waals surface area contributed by atoms with Crippen molar-refractivity contribution in [3.63, 3.8) is 0 Å². The van der Waals surface area contributed by atoms with Gasteiger partial charge in [-0.15, -0.1) is 0 Å². The third-order valence-electron chi connectivity index (χ3n) is 2.47. The minimum atomic E-state index is -4.94. The highest BCUT2D eigenvalue weighted by Crippen LogP contribution is 2.36. The fourth-order valence-corrected chi connectivity index (χ4v) is 1.56. The number of aliphatic hydroxyl groups is 2. The van der Waals surface area contributed by atoms with Gasteiger partial charge in [-0.2, -0.15) is 13.2 Å². The summed E-state index contributed by atoms with van der Waals surface area (Å²) in [6, 6.07) is 1.52. The molecule has 1 aromatic carbocycles. The topological polar surface area (TPSA) is 66.8 Å². The van der Waals surface area contributed by atoms with Crippen LogP contribution in [0.15, 0.2) is 18.2 Å².